The Morgan fingerprint density at radius 3 is 2.52 bits per heavy atom. The summed E-state index contributed by atoms with van der Waals surface area (Å²) in [6.45, 7) is 6.43. The number of nitrogens with zero attached hydrogens (tertiary/aromatic N) is 4. The minimum atomic E-state index is 0.128. The summed E-state index contributed by atoms with van der Waals surface area (Å²) in [6, 6.07) is 22.5. The molecule has 3 heterocycles. The average molecular weight is 457 g/mol. The van der Waals surface area contributed by atoms with Crippen molar-refractivity contribution in [3.8, 4) is 0 Å². The summed E-state index contributed by atoms with van der Waals surface area (Å²) in [6.07, 6.45) is 4.06. The van der Waals surface area contributed by atoms with Crippen LogP contribution in [0.5, 0.6) is 0 Å². The van der Waals surface area contributed by atoms with Crippen molar-refractivity contribution in [2.75, 3.05) is 26.2 Å². The fraction of sp³-hybridized carbons (Fsp3) is 0.259. The number of carbonyl (C=O) groups is 1. The highest BCUT2D eigenvalue weighted by Gasteiger charge is 2.24. The molecule has 1 fully saturated rings. The molecule has 1 amide bonds. The van der Waals surface area contributed by atoms with E-state index in [1.54, 1.807) is 11.8 Å². The maximum Gasteiger partial charge on any atom is 0.255 e. The SMILES string of the molecule is Cc1ccccc1CN1CCN(C(=O)c2ccccc2SCc2cn3ccccc3n2)CC1. The first-order valence-corrected chi connectivity index (χ1v) is 12.4. The van der Waals surface area contributed by atoms with E-state index in [1.807, 2.05) is 58.0 Å². The zero-order chi connectivity index (χ0) is 22.6. The molecule has 2 aromatic carbocycles. The van der Waals surface area contributed by atoms with Crippen LogP contribution in [0.3, 0.4) is 0 Å². The highest BCUT2D eigenvalue weighted by Crippen LogP contribution is 2.27. The third kappa shape index (κ3) is 4.97. The second kappa shape index (κ2) is 9.81. The van der Waals surface area contributed by atoms with Gasteiger partial charge in [-0.1, -0.05) is 42.5 Å². The number of piperazine rings is 1. The Balaban J connectivity index is 1.22. The van der Waals surface area contributed by atoms with Crippen LogP contribution in [-0.4, -0.2) is 51.3 Å². The van der Waals surface area contributed by atoms with Gasteiger partial charge in [-0.2, -0.15) is 0 Å². The molecule has 0 N–H and O–H groups in total. The number of aryl methyl sites for hydroxylation is 1. The maximum absolute atomic E-state index is 13.4. The predicted octanol–water partition coefficient (Wildman–Crippen LogP) is 4.89. The quantitative estimate of drug-likeness (QED) is 0.387. The van der Waals surface area contributed by atoms with Crippen LogP contribution in [-0.2, 0) is 12.3 Å². The number of benzene rings is 2. The van der Waals surface area contributed by atoms with Crippen molar-refractivity contribution < 1.29 is 4.79 Å². The number of hydrogen-bond acceptors (Lipinski definition) is 4. The van der Waals surface area contributed by atoms with Crippen molar-refractivity contribution in [2.24, 2.45) is 0 Å². The number of pyridine rings is 1. The third-order valence-corrected chi connectivity index (χ3v) is 7.33. The smallest absolute Gasteiger partial charge is 0.255 e. The van der Waals surface area contributed by atoms with Crippen molar-refractivity contribution >= 4 is 23.3 Å². The van der Waals surface area contributed by atoms with E-state index in [2.05, 4.69) is 47.3 Å². The molecule has 5 rings (SSSR count). The van der Waals surface area contributed by atoms with Gasteiger partial charge in [-0.15, -0.1) is 11.8 Å². The van der Waals surface area contributed by atoms with Gasteiger partial charge in [-0.05, 0) is 42.3 Å². The van der Waals surface area contributed by atoms with Crippen LogP contribution in [0.4, 0.5) is 0 Å². The number of thioether (sulfide) groups is 1. The van der Waals surface area contributed by atoms with E-state index in [-0.39, 0.29) is 5.91 Å². The Kier molecular flexibility index (Phi) is 6.46. The molecule has 0 radical (unpaired) electrons. The van der Waals surface area contributed by atoms with Crippen molar-refractivity contribution in [2.45, 2.75) is 24.1 Å². The standard InChI is InChI=1S/C27H28N4OS/c1-21-8-2-3-9-22(21)18-29-14-16-30(17-15-29)27(32)24-10-4-5-11-25(24)33-20-23-19-31-13-7-6-12-26(31)28-23/h2-13,19H,14-18,20H2,1H3. The van der Waals surface area contributed by atoms with Gasteiger partial charge in [-0.3, -0.25) is 9.69 Å². The average Bonchev–Trinajstić information content (AvgIpc) is 3.27. The lowest BCUT2D eigenvalue weighted by Crippen LogP contribution is -2.48. The molecule has 0 unspecified atom stereocenters. The molecule has 1 aliphatic rings. The second-order valence-corrected chi connectivity index (χ2v) is 9.50. The maximum atomic E-state index is 13.4. The lowest BCUT2D eigenvalue weighted by molar-refractivity contribution is 0.0625. The van der Waals surface area contributed by atoms with Gasteiger partial charge in [0.25, 0.3) is 5.91 Å². The number of rotatable bonds is 6. The number of fused-ring (bicyclic) bond motifs is 1. The van der Waals surface area contributed by atoms with E-state index in [0.717, 1.165) is 60.3 Å². The summed E-state index contributed by atoms with van der Waals surface area (Å²) in [4.78, 5) is 23.5. The lowest BCUT2D eigenvalue weighted by atomic mass is 10.1. The molecular formula is C27H28N4OS. The number of aromatic nitrogens is 2. The van der Waals surface area contributed by atoms with Crippen molar-refractivity contribution in [3.63, 3.8) is 0 Å². The van der Waals surface area contributed by atoms with Gasteiger partial charge in [0.05, 0.1) is 11.3 Å². The highest BCUT2D eigenvalue weighted by atomic mass is 32.2. The summed E-state index contributed by atoms with van der Waals surface area (Å²) in [5.41, 5.74) is 5.44. The van der Waals surface area contributed by atoms with E-state index >= 15 is 0 Å². The number of amides is 1. The molecular weight excluding hydrogens is 428 g/mol. The molecule has 4 aromatic rings. The van der Waals surface area contributed by atoms with E-state index in [4.69, 9.17) is 0 Å². The zero-order valence-corrected chi connectivity index (χ0v) is 19.7. The zero-order valence-electron chi connectivity index (χ0n) is 18.9. The summed E-state index contributed by atoms with van der Waals surface area (Å²) in [7, 11) is 0. The largest absolute Gasteiger partial charge is 0.336 e. The van der Waals surface area contributed by atoms with E-state index in [1.165, 1.54) is 11.1 Å². The molecule has 33 heavy (non-hydrogen) atoms. The monoisotopic (exact) mass is 456 g/mol. The third-order valence-electron chi connectivity index (χ3n) is 6.22. The van der Waals surface area contributed by atoms with E-state index in [0.29, 0.717) is 0 Å². The minimum Gasteiger partial charge on any atom is -0.336 e. The fourth-order valence-corrected chi connectivity index (χ4v) is 5.21. The summed E-state index contributed by atoms with van der Waals surface area (Å²) < 4.78 is 2.03. The van der Waals surface area contributed by atoms with Gasteiger partial charge in [0.1, 0.15) is 5.65 Å². The molecule has 0 spiro atoms. The van der Waals surface area contributed by atoms with Crippen LogP contribution < -0.4 is 0 Å². The molecule has 0 saturated carbocycles. The molecule has 2 aromatic heterocycles. The van der Waals surface area contributed by atoms with Crippen LogP contribution in [0.2, 0.25) is 0 Å². The Labute approximate surface area is 199 Å². The van der Waals surface area contributed by atoms with Gasteiger partial charge < -0.3 is 9.30 Å². The molecule has 0 atom stereocenters. The van der Waals surface area contributed by atoms with Crippen LogP contribution in [0.25, 0.3) is 5.65 Å². The van der Waals surface area contributed by atoms with Gasteiger partial charge in [0, 0.05) is 55.8 Å². The first-order chi connectivity index (χ1) is 16.2. The molecule has 5 nitrogen and oxygen atoms in total. The Hall–Kier alpha value is -3.09. The second-order valence-electron chi connectivity index (χ2n) is 8.48. The van der Waals surface area contributed by atoms with Gasteiger partial charge in [-0.25, -0.2) is 4.98 Å². The molecule has 168 valence electrons. The van der Waals surface area contributed by atoms with E-state index in [9.17, 15) is 4.79 Å². The first kappa shape index (κ1) is 21.7. The minimum absolute atomic E-state index is 0.128. The van der Waals surface area contributed by atoms with Crippen molar-refractivity contribution in [1.29, 1.82) is 0 Å². The van der Waals surface area contributed by atoms with Crippen molar-refractivity contribution in [1.82, 2.24) is 19.2 Å². The first-order valence-electron chi connectivity index (χ1n) is 11.4. The highest BCUT2D eigenvalue weighted by molar-refractivity contribution is 7.98. The number of carbonyl (C=O) groups excluding carboxylic acids is 1. The van der Waals surface area contributed by atoms with Gasteiger partial charge >= 0.3 is 0 Å². The van der Waals surface area contributed by atoms with Gasteiger partial charge in [0.2, 0.25) is 0 Å². The molecule has 0 aliphatic carbocycles. The van der Waals surface area contributed by atoms with E-state index < -0.39 is 0 Å². The normalized spacial score (nSPS) is 14.6. The van der Waals surface area contributed by atoms with Crippen molar-refractivity contribution in [3.05, 3.63) is 102 Å². The predicted molar refractivity (Wildman–Crippen MR) is 134 cm³/mol. The molecule has 1 aliphatic heterocycles. The van der Waals surface area contributed by atoms with Crippen LogP contribution in [0.1, 0.15) is 27.2 Å². The molecule has 6 heteroatoms. The Morgan fingerprint density at radius 2 is 1.70 bits per heavy atom. The van der Waals surface area contributed by atoms with Crippen LogP contribution >= 0.6 is 11.8 Å². The fourth-order valence-electron chi connectivity index (χ4n) is 4.29. The summed E-state index contributed by atoms with van der Waals surface area (Å²) >= 11 is 1.68. The molecule has 1 saturated heterocycles. The molecule has 0 bridgehead atoms. The topological polar surface area (TPSA) is 40.9 Å². The van der Waals surface area contributed by atoms with Crippen LogP contribution in [0.15, 0.2) is 84.0 Å². The Morgan fingerprint density at radius 1 is 0.939 bits per heavy atom. The van der Waals surface area contributed by atoms with Crippen LogP contribution in [0, 0.1) is 6.92 Å². The Bertz CT molecular complexity index is 1230. The summed E-state index contributed by atoms with van der Waals surface area (Å²) in [5.74, 6) is 0.861. The number of hydrogen-bond donors (Lipinski definition) is 0. The summed E-state index contributed by atoms with van der Waals surface area (Å²) in [5, 5.41) is 0. The lowest BCUT2D eigenvalue weighted by Gasteiger charge is -2.35. The number of imidazole rings is 1. The van der Waals surface area contributed by atoms with Gasteiger partial charge in [0.15, 0.2) is 0 Å².